The van der Waals surface area contributed by atoms with Gasteiger partial charge in [-0.25, -0.2) is 19.3 Å². The summed E-state index contributed by atoms with van der Waals surface area (Å²) >= 11 is 6.21. The first-order valence-corrected chi connectivity index (χ1v) is 12.3. The standard InChI is InChI=1S/C23H29ClN8O3/c1-15-9-19(29-30-25)12-32(15,22(34)21(33)16-5-3-2-4-6-16)23(35)27-11-17-10-18(24)7-8-20(17)31-14-26-13-28-31/h7-8,10,13-16,19,21,33H,2-6,9,11-12H2,1H3/p+1/t15?,19-,21+,32?/m0/s1. The number of quaternary nitrogens is 1. The minimum Gasteiger partial charge on any atom is -0.379 e. The van der Waals surface area contributed by atoms with E-state index in [2.05, 4.69) is 25.4 Å². The van der Waals surface area contributed by atoms with Crippen molar-refractivity contribution >= 4 is 23.5 Å². The Balaban J connectivity index is 1.61. The lowest BCUT2D eigenvalue weighted by molar-refractivity contribution is -0.787. The summed E-state index contributed by atoms with van der Waals surface area (Å²) in [6.45, 7) is 1.89. The van der Waals surface area contributed by atoms with Crippen LogP contribution in [0.5, 0.6) is 0 Å². The van der Waals surface area contributed by atoms with Crippen LogP contribution < -0.4 is 5.32 Å². The Bertz CT molecular complexity index is 1110. The summed E-state index contributed by atoms with van der Waals surface area (Å²) in [5.74, 6) is -0.697. The summed E-state index contributed by atoms with van der Waals surface area (Å²) in [6.07, 6.45) is 6.59. The van der Waals surface area contributed by atoms with Crippen LogP contribution in [0.25, 0.3) is 16.1 Å². The van der Waals surface area contributed by atoms with E-state index >= 15 is 0 Å². The SMILES string of the molecule is CC1C[C@H](N=[N+]=[N-])C[N+]1(C(=O)NCc1cc(Cl)ccc1-n1cncn1)C(=O)[C@H](O)C1CCCCC1. The van der Waals surface area contributed by atoms with Crippen LogP contribution in [0, 0.1) is 5.92 Å². The highest BCUT2D eigenvalue weighted by Crippen LogP contribution is 2.35. The Kier molecular flexibility index (Phi) is 7.71. The second kappa shape index (κ2) is 10.7. The molecule has 186 valence electrons. The smallest absolute Gasteiger partial charge is 0.379 e. The maximum Gasteiger partial charge on any atom is 0.424 e. The third-order valence-corrected chi connectivity index (χ3v) is 7.56. The van der Waals surface area contributed by atoms with Crippen LogP contribution in [0.3, 0.4) is 0 Å². The van der Waals surface area contributed by atoms with E-state index in [0.717, 1.165) is 32.1 Å². The monoisotopic (exact) mass is 501 g/mol. The van der Waals surface area contributed by atoms with Gasteiger partial charge in [-0.2, -0.15) is 9.58 Å². The number of nitrogens with one attached hydrogen (secondary N) is 1. The van der Waals surface area contributed by atoms with Gasteiger partial charge in [0.2, 0.25) is 0 Å². The summed E-state index contributed by atoms with van der Waals surface area (Å²) < 4.78 is 0.969. The van der Waals surface area contributed by atoms with Crippen molar-refractivity contribution in [2.75, 3.05) is 6.54 Å². The van der Waals surface area contributed by atoms with Crippen molar-refractivity contribution in [3.05, 3.63) is 51.9 Å². The van der Waals surface area contributed by atoms with Gasteiger partial charge in [-0.3, -0.25) is 0 Å². The largest absolute Gasteiger partial charge is 0.424 e. The molecular formula is C23H30ClN8O3+. The number of benzene rings is 1. The molecule has 12 heteroatoms. The van der Waals surface area contributed by atoms with E-state index in [1.807, 2.05) is 0 Å². The Morgan fingerprint density at radius 2 is 2.14 bits per heavy atom. The number of likely N-dealkylation sites (tertiary alicyclic amines) is 1. The molecule has 1 aromatic carbocycles. The first-order chi connectivity index (χ1) is 16.9. The molecule has 2 N–H and O–H groups in total. The van der Waals surface area contributed by atoms with Crippen LogP contribution in [0.1, 0.15) is 51.0 Å². The molecule has 2 aromatic rings. The molecule has 1 aliphatic carbocycles. The molecule has 1 saturated carbocycles. The highest BCUT2D eigenvalue weighted by atomic mass is 35.5. The van der Waals surface area contributed by atoms with E-state index in [-0.39, 0.29) is 19.0 Å². The molecule has 1 aromatic heterocycles. The number of halogens is 1. The van der Waals surface area contributed by atoms with Gasteiger partial charge in [-0.1, -0.05) is 36.0 Å². The van der Waals surface area contributed by atoms with E-state index in [0.29, 0.717) is 22.7 Å². The predicted octanol–water partition coefficient (Wildman–Crippen LogP) is 3.89. The molecule has 4 rings (SSSR count). The third-order valence-electron chi connectivity index (χ3n) is 7.32. The Hall–Kier alpha value is -2.98. The number of amides is 3. The third kappa shape index (κ3) is 5.04. The van der Waals surface area contributed by atoms with Crippen LogP contribution >= 0.6 is 11.6 Å². The number of aliphatic hydroxyl groups is 1. The molecule has 11 nitrogen and oxygen atoms in total. The fourth-order valence-corrected chi connectivity index (χ4v) is 5.65. The Labute approximate surface area is 208 Å². The summed E-state index contributed by atoms with van der Waals surface area (Å²) in [4.78, 5) is 34.4. The predicted molar refractivity (Wildman–Crippen MR) is 128 cm³/mol. The van der Waals surface area contributed by atoms with E-state index in [4.69, 9.17) is 17.1 Å². The molecule has 35 heavy (non-hydrogen) atoms. The molecule has 3 amide bonds. The van der Waals surface area contributed by atoms with Crippen LogP contribution in [0.15, 0.2) is 36.0 Å². The lowest BCUT2D eigenvalue weighted by atomic mass is 9.84. The quantitative estimate of drug-likeness (QED) is 0.267. The molecule has 4 atom stereocenters. The van der Waals surface area contributed by atoms with Crippen LogP contribution in [0.4, 0.5) is 4.79 Å². The molecule has 2 aliphatic rings. The molecule has 2 unspecified atom stereocenters. The van der Waals surface area contributed by atoms with Crippen molar-refractivity contribution in [1.29, 1.82) is 0 Å². The van der Waals surface area contributed by atoms with Gasteiger partial charge in [0.25, 0.3) is 0 Å². The first-order valence-electron chi connectivity index (χ1n) is 11.9. The number of nitrogens with zero attached hydrogens (tertiary/aromatic N) is 7. The van der Waals surface area contributed by atoms with Gasteiger partial charge in [0.05, 0.1) is 18.3 Å². The number of rotatable bonds is 6. The van der Waals surface area contributed by atoms with E-state index in [9.17, 15) is 14.7 Å². The molecule has 1 aliphatic heterocycles. The van der Waals surface area contributed by atoms with E-state index in [1.54, 1.807) is 36.1 Å². The minimum atomic E-state index is -1.25. The summed E-state index contributed by atoms with van der Waals surface area (Å²) in [6, 6.07) is 3.72. The molecule has 0 spiro atoms. The molecule has 1 saturated heterocycles. The topological polar surface area (TPSA) is 146 Å². The van der Waals surface area contributed by atoms with Gasteiger partial charge >= 0.3 is 11.9 Å². The van der Waals surface area contributed by atoms with Crippen molar-refractivity contribution in [3.63, 3.8) is 0 Å². The van der Waals surface area contributed by atoms with Crippen LogP contribution in [-0.2, 0) is 11.3 Å². The van der Waals surface area contributed by atoms with Crippen LogP contribution in [0.2, 0.25) is 5.02 Å². The number of aromatic nitrogens is 3. The van der Waals surface area contributed by atoms with Crippen molar-refractivity contribution in [3.8, 4) is 5.69 Å². The van der Waals surface area contributed by atoms with E-state index < -0.39 is 34.6 Å². The highest BCUT2D eigenvalue weighted by molar-refractivity contribution is 6.30. The summed E-state index contributed by atoms with van der Waals surface area (Å²) in [5.41, 5.74) is 10.3. The number of carbonyl (C=O) groups is 2. The molecule has 0 bridgehead atoms. The zero-order valence-electron chi connectivity index (χ0n) is 19.6. The highest BCUT2D eigenvalue weighted by Gasteiger charge is 2.58. The maximum atomic E-state index is 13.8. The zero-order valence-corrected chi connectivity index (χ0v) is 20.4. The van der Waals surface area contributed by atoms with Gasteiger partial charge in [-0.15, -0.1) is 0 Å². The fraction of sp³-hybridized carbons (Fsp3) is 0.565. The van der Waals surface area contributed by atoms with Gasteiger partial charge in [-0.05, 0) is 55.0 Å². The van der Waals surface area contributed by atoms with Gasteiger partial charge < -0.3 is 10.4 Å². The zero-order chi connectivity index (χ0) is 25.0. The van der Waals surface area contributed by atoms with Crippen LogP contribution in [-0.4, -0.2) is 61.0 Å². The van der Waals surface area contributed by atoms with Crippen molar-refractivity contribution in [2.24, 2.45) is 11.0 Å². The normalized spacial score (nSPS) is 25.6. The second-order valence-corrected chi connectivity index (χ2v) is 9.88. The lowest BCUT2D eigenvalue weighted by Gasteiger charge is -2.36. The first kappa shape index (κ1) is 25.1. The number of carbonyl (C=O) groups excluding carboxylic acids is 2. The van der Waals surface area contributed by atoms with Crippen molar-refractivity contribution in [1.82, 2.24) is 20.1 Å². The summed E-state index contributed by atoms with van der Waals surface area (Å²) in [7, 11) is 0. The van der Waals surface area contributed by atoms with Gasteiger partial charge in [0.15, 0.2) is 6.10 Å². The van der Waals surface area contributed by atoms with Crippen molar-refractivity contribution in [2.45, 2.75) is 70.2 Å². The Morgan fingerprint density at radius 3 is 2.83 bits per heavy atom. The van der Waals surface area contributed by atoms with Crippen molar-refractivity contribution < 1.29 is 19.2 Å². The Morgan fingerprint density at radius 1 is 1.37 bits per heavy atom. The lowest BCUT2D eigenvalue weighted by Crippen LogP contribution is -2.66. The molecule has 2 fully saturated rings. The second-order valence-electron chi connectivity index (χ2n) is 9.45. The number of aliphatic hydroxyl groups excluding tert-OH is 1. The van der Waals surface area contributed by atoms with Gasteiger partial charge in [0.1, 0.15) is 25.2 Å². The molecular weight excluding hydrogens is 472 g/mol. The van der Waals surface area contributed by atoms with Gasteiger partial charge in [0, 0.05) is 16.4 Å². The molecule has 0 radical (unpaired) electrons. The maximum absolute atomic E-state index is 13.8. The fourth-order valence-electron chi connectivity index (χ4n) is 5.46. The number of urea groups is 1. The average molecular weight is 502 g/mol. The number of hydrogen-bond acceptors (Lipinski definition) is 6. The number of azide groups is 1. The molecule has 2 heterocycles. The van der Waals surface area contributed by atoms with E-state index in [1.165, 1.54) is 6.33 Å². The number of imide groups is 1. The minimum absolute atomic E-state index is 0.0190. The average Bonchev–Trinajstić information content (AvgIpc) is 3.51. The number of hydrogen-bond donors (Lipinski definition) is 2. The summed E-state index contributed by atoms with van der Waals surface area (Å²) in [5, 5.41) is 22.4.